The van der Waals surface area contributed by atoms with Gasteiger partial charge in [0.05, 0.1) is 16.3 Å². The molecule has 0 aliphatic carbocycles. The first-order chi connectivity index (χ1) is 14.0. The Labute approximate surface area is 176 Å². The molecule has 4 aromatic rings. The number of aromatic amines is 1. The number of halogens is 1. The number of aromatic nitrogens is 2. The summed E-state index contributed by atoms with van der Waals surface area (Å²) in [6.45, 7) is 2.02. The van der Waals surface area contributed by atoms with Crippen LogP contribution in [0.5, 0.6) is 0 Å². The fourth-order valence-corrected chi connectivity index (χ4v) is 3.90. The molecule has 2 aromatic carbocycles. The number of benzene rings is 2. The van der Waals surface area contributed by atoms with E-state index in [4.69, 9.17) is 11.6 Å². The van der Waals surface area contributed by atoms with Crippen molar-refractivity contribution >= 4 is 34.8 Å². The van der Waals surface area contributed by atoms with Gasteiger partial charge in [0.25, 0.3) is 0 Å². The van der Waals surface area contributed by atoms with Gasteiger partial charge in [0.1, 0.15) is 0 Å². The Bertz CT molecular complexity index is 1260. The molecule has 0 saturated carbocycles. The molecule has 0 unspecified atom stereocenters. The van der Waals surface area contributed by atoms with Crippen molar-refractivity contribution in [2.75, 3.05) is 0 Å². The molecule has 2 heterocycles. The molecule has 0 bridgehead atoms. The molecule has 0 spiro atoms. The van der Waals surface area contributed by atoms with Crippen LogP contribution in [0.15, 0.2) is 77.7 Å². The number of allylic oxidation sites excluding steroid dienone is 1. The van der Waals surface area contributed by atoms with E-state index in [-0.39, 0.29) is 11.5 Å². The average Bonchev–Trinajstić information content (AvgIpc) is 3.33. The summed E-state index contributed by atoms with van der Waals surface area (Å²) < 4.78 is 1.52. The van der Waals surface area contributed by atoms with E-state index in [1.807, 2.05) is 31.2 Å². The zero-order chi connectivity index (χ0) is 20.4. The van der Waals surface area contributed by atoms with E-state index >= 15 is 0 Å². The summed E-state index contributed by atoms with van der Waals surface area (Å²) in [4.78, 5) is 30.1. The van der Waals surface area contributed by atoms with Crippen molar-refractivity contribution in [3.63, 3.8) is 0 Å². The highest BCUT2D eigenvalue weighted by atomic mass is 35.5. The van der Waals surface area contributed by atoms with Gasteiger partial charge < -0.3 is 4.98 Å². The predicted molar refractivity (Wildman–Crippen MR) is 119 cm³/mol. The van der Waals surface area contributed by atoms with Gasteiger partial charge in [-0.05, 0) is 55.0 Å². The van der Waals surface area contributed by atoms with Crippen LogP contribution in [0.4, 0.5) is 0 Å². The Morgan fingerprint density at radius 2 is 1.90 bits per heavy atom. The van der Waals surface area contributed by atoms with Crippen molar-refractivity contribution in [3.05, 3.63) is 104 Å². The maximum atomic E-state index is 12.6. The Hall–Kier alpha value is -3.15. The smallest absolute Gasteiger partial charge is 0.305 e. The fraction of sp³-hybridized carbons (Fsp3) is 0.0435. The highest BCUT2D eigenvalue weighted by Crippen LogP contribution is 2.26. The third-order valence-corrected chi connectivity index (χ3v) is 5.72. The molecule has 6 heteroatoms. The number of hydrogen-bond acceptors (Lipinski definition) is 3. The third kappa shape index (κ3) is 4.31. The molecule has 0 aliphatic heterocycles. The van der Waals surface area contributed by atoms with Crippen molar-refractivity contribution in [2.45, 2.75) is 6.92 Å². The molecular formula is C23H17ClN2O2S. The summed E-state index contributed by atoms with van der Waals surface area (Å²) in [5.41, 5.74) is 2.54. The molecule has 144 valence electrons. The number of nitrogens with one attached hydrogen (secondary N) is 1. The molecule has 2 aromatic heterocycles. The first kappa shape index (κ1) is 19.2. The van der Waals surface area contributed by atoms with Crippen LogP contribution in [0.2, 0.25) is 5.02 Å². The SMILES string of the molecule is Cc1ccc(-c2cn(-c3cccc(C(=O)C=Cc4ccc(Cl)cc4)c3)c(=O)[nH]2)s1. The number of nitrogens with zero attached hydrogens (tertiary/aromatic N) is 1. The number of ketones is 1. The molecule has 29 heavy (non-hydrogen) atoms. The van der Waals surface area contributed by atoms with Crippen LogP contribution in [-0.2, 0) is 0 Å². The van der Waals surface area contributed by atoms with Gasteiger partial charge in [-0.25, -0.2) is 4.79 Å². The maximum absolute atomic E-state index is 12.6. The molecule has 0 radical (unpaired) electrons. The number of carbonyl (C=O) groups excluding carboxylic acids is 1. The molecule has 4 rings (SSSR count). The zero-order valence-electron chi connectivity index (χ0n) is 15.6. The van der Waals surface area contributed by atoms with Crippen LogP contribution in [0, 0.1) is 6.92 Å². The standard InChI is InChI=1S/C23H17ClN2O2S/c1-15-5-12-22(29-15)20-14-26(23(28)25-20)19-4-2-3-17(13-19)21(27)11-8-16-6-9-18(24)10-7-16/h2-14H,1H3,(H,25,28). The van der Waals surface area contributed by atoms with Crippen molar-refractivity contribution in [2.24, 2.45) is 0 Å². The number of aryl methyl sites for hydroxylation is 1. The number of hydrogen-bond donors (Lipinski definition) is 1. The zero-order valence-corrected chi connectivity index (χ0v) is 17.1. The monoisotopic (exact) mass is 420 g/mol. The van der Waals surface area contributed by atoms with Gasteiger partial charge in [-0.2, -0.15) is 0 Å². The predicted octanol–water partition coefficient (Wildman–Crippen LogP) is 5.75. The molecular weight excluding hydrogens is 404 g/mol. The quantitative estimate of drug-likeness (QED) is 0.330. The summed E-state index contributed by atoms with van der Waals surface area (Å²) in [5.74, 6) is -0.139. The van der Waals surface area contributed by atoms with E-state index in [9.17, 15) is 9.59 Å². The first-order valence-electron chi connectivity index (χ1n) is 8.96. The van der Waals surface area contributed by atoms with E-state index in [0.29, 0.717) is 16.3 Å². The summed E-state index contributed by atoms with van der Waals surface area (Å²) in [5, 5.41) is 0.648. The van der Waals surface area contributed by atoms with E-state index < -0.39 is 0 Å². The Balaban J connectivity index is 1.60. The van der Waals surface area contributed by atoms with Crippen molar-refractivity contribution in [1.82, 2.24) is 9.55 Å². The van der Waals surface area contributed by atoms with E-state index in [1.165, 1.54) is 15.5 Å². The maximum Gasteiger partial charge on any atom is 0.330 e. The highest BCUT2D eigenvalue weighted by molar-refractivity contribution is 7.15. The minimum Gasteiger partial charge on any atom is -0.305 e. The van der Waals surface area contributed by atoms with Gasteiger partial charge in [-0.3, -0.25) is 9.36 Å². The van der Waals surface area contributed by atoms with Crippen LogP contribution >= 0.6 is 22.9 Å². The van der Waals surface area contributed by atoms with Crippen molar-refractivity contribution in [3.8, 4) is 16.3 Å². The van der Waals surface area contributed by atoms with Gasteiger partial charge in [0.2, 0.25) is 0 Å². The molecule has 1 N–H and O–H groups in total. The molecule has 0 aliphatic rings. The number of thiophene rings is 1. The second-order valence-corrected chi connectivity index (χ2v) is 8.28. The van der Waals surface area contributed by atoms with Crippen LogP contribution in [0.1, 0.15) is 20.8 Å². The van der Waals surface area contributed by atoms with Crippen LogP contribution in [-0.4, -0.2) is 15.3 Å². The lowest BCUT2D eigenvalue weighted by molar-refractivity contribution is 0.104. The van der Waals surface area contributed by atoms with Gasteiger partial charge >= 0.3 is 5.69 Å². The largest absolute Gasteiger partial charge is 0.330 e. The highest BCUT2D eigenvalue weighted by Gasteiger charge is 2.10. The number of imidazole rings is 1. The lowest BCUT2D eigenvalue weighted by Gasteiger charge is -2.03. The lowest BCUT2D eigenvalue weighted by Crippen LogP contribution is -2.14. The Kier molecular flexibility index (Phi) is 5.34. The van der Waals surface area contributed by atoms with Crippen molar-refractivity contribution < 1.29 is 4.79 Å². The third-order valence-electron chi connectivity index (χ3n) is 4.43. The first-order valence-corrected chi connectivity index (χ1v) is 10.2. The summed E-state index contributed by atoms with van der Waals surface area (Å²) in [6, 6.07) is 18.3. The Morgan fingerprint density at radius 3 is 2.62 bits per heavy atom. The molecule has 0 atom stereocenters. The van der Waals surface area contributed by atoms with Gasteiger partial charge in [0.15, 0.2) is 5.78 Å². The lowest BCUT2D eigenvalue weighted by atomic mass is 10.1. The van der Waals surface area contributed by atoms with Crippen LogP contribution in [0.25, 0.3) is 22.3 Å². The topological polar surface area (TPSA) is 54.9 Å². The second kappa shape index (κ2) is 8.07. The van der Waals surface area contributed by atoms with E-state index in [1.54, 1.807) is 60.0 Å². The van der Waals surface area contributed by atoms with Crippen molar-refractivity contribution in [1.29, 1.82) is 0 Å². The molecule has 0 saturated heterocycles. The van der Waals surface area contributed by atoms with Crippen LogP contribution in [0.3, 0.4) is 0 Å². The normalized spacial score (nSPS) is 11.2. The second-order valence-electron chi connectivity index (χ2n) is 6.55. The van der Waals surface area contributed by atoms with Gasteiger partial charge in [0, 0.05) is 21.7 Å². The molecule has 4 nitrogen and oxygen atoms in total. The summed E-state index contributed by atoms with van der Waals surface area (Å²) >= 11 is 7.50. The number of rotatable bonds is 5. The summed E-state index contributed by atoms with van der Waals surface area (Å²) in [7, 11) is 0. The number of H-pyrrole nitrogens is 1. The minimum absolute atomic E-state index is 0.139. The molecule has 0 fully saturated rings. The molecule has 0 amide bonds. The number of carbonyl (C=O) groups is 1. The van der Waals surface area contributed by atoms with Crippen LogP contribution < -0.4 is 5.69 Å². The van der Waals surface area contributed by atoms with Gasteiger partial charge in [-0.1, -0.05) is 41.9 Å². The fourth-order valence-electron chi connectivity index (χ4n) is 2.94. The Morgan fingerprint density at radius 1 is 1.10 bits per heavy atom. The average molecular weight is 421 g/mol. The van der Waals surface area contributed by atoms with E-state index in [0.717, 1.165) is 16.1 Å². The van der Waals surface area contributed by atoms with E-state index in [2.05, 4.69) is 4.98 Å². The summed E-state index contributed by atoms with van der Waals surface area (Å²) in [6.07, 6.45) is 5.02. The van der Waals surface area contributed by atoms with Gasteiger partial charge in [-0.15, -0.1) is 11.3 Å². The minimum atomic E-state index is -0.243.